The Hall–Kier alpha value is -1.15. The molecule has 0 bridgehead atoms. The third-order valence-corrected chi connectivity index (χ3v) is 5.39. The van der Waals surface area contributed by atoms with Crippen molar-refractivity contribution >= 4 is 21.9 Å². The predicted octanol–water partition coefficient (Wildman–Crippen LogP) is 0.0275. The summed E-state index contributed by atoms with van der Waals surface area (Å²) < 4.78 is 25.0. The molecule has 1 atom stereocenters. The molecule has 21 heavy (non-hydrogen) atoms. The van der Waals surface area contributed by atoms with E-state index in [1.165, 1.54) is 13.8 Å². The number of likely N-dealkylation sites (tertiary alicyclic amines) is 1. The summed E-state index contributed by atoms with van der Waals surface area (Å²) in [5, 5.41) is 9.05. The van der Waals surface area contributed by atoms with E-state index in [9.17, 15) is 18.0 Å². The average Bonchev–Trinajstić information content (AvgIpc) is 3.01. The lowest BCUT2D eigenvalue weighted by Gasteiger charge is -2.37. The van der Waals surface area contributed by atoms with Crippen LogP contribution in [0.15, 0.2) is 0 Å². The zero-order valence-corrected chi connectivity index (χ0v) is 13.4. The Bertz CT molecular complexity index is 561. The maximum atomic E-state index is 12.4. The number of carboxylic acids is 1. The van der Waals surface area contributed by atoms with Gasteiger partial charge < -0.3 is 10.0 Å². The zero-order valence-electron chi connectivity index (χ0n) is 12.5. The Kier molecular flexibility index (Phi) is 3.82. The van der Waals surface area contributed by atoms with E-state index in [2.05, 4.69) is 4.72 Å². The van der Waals surface area contributed by atoms with Crippen LogP contribution < -0.4 is 4.72 Å². The molecule has 0 aromatic rings. The number of aliphatic carboxylic acids is 1. The van der Waals surface area contributed by atoms with Gasteiger partial charge in [-0.1, -0.05) is 0 Å². The van der Waals surface area contributed by atoms with Crippen LogP contribution in [0.5, 0.6) is 0 Å². The Morgan fingerprint density at radius 3 is 2.19 bits per heavy atom. The summed E-state index contributed by atoms with van der Waals surface area (Å²) in [6, 6.07) is 0. The lowest BCUT2D eigenvalue weighted by molar-refractivity contribution is -0.140. The van der Waals surface area contributed by atoms with Crippen LogP contribution in [-0.2, 0) is 19.6 Å². The highest BCUT2D eigenvalue weighted by Gasteiger charge is 2.59. The first kappa shape index (κ1) is 16.2. The van der Waals surface area contributed by atoms with E-state index in [1.54, 1.807) is 4.90 Å². The van der Waals surface area contributed by atoms with Crippen molar-refractivity contribution < 1.29 is 23.1 Å². The number of piperidine rings is 1. The second-order valence-electron chi connectivity index (χ2n) is 6.75. The van der Waals surface area contributed by atoms with Crippen molar-refractivity contribution in [2.24, 2.45) is 11.3 Å². The summed E-state index contributed by atoms with van der Waals surface area (Å²) in [6.07, 6.45) is 3.06. The Morgan fingerprint density at radius 2 is 1.81 bits per heavy atom. The number of nitrogens with one attached hydrogen (secondary N) is 1. The summed E-state index contributed by atoms with van der Waals surface area (Å²) in [5.74, 6) is -1.30. The Balaban J connectivity index is 1.96. The van der Waals surface area contributed by atoms with Crippen LogP contribution in [0.25, 0.3) is 0 Å². The molecular weight excluding hydrogens is 296 g/mol. The minimum atomic E-state index is -3.47. The molecule has 1 unspecified atom stereocenters. The molecule has 1 spiro atoms. The van der Waals surface area contributed by atoms with E-state index in [4.69, 9.17) is 5.11 Å². The smallest absolute Gasteiger partial charge is 0.307 e. The van der Waals surface area contributed by atoms with Crippen LogP contribution in [0.1, 0.15) is 33.1 Å². The molecule has 2 aliphatic rings. The zero-order chi connectivity index (χ0) is 16.1. The van der Waals surface area contributed by atoms with E-state index in [0.29, 0.717) is 32.4 Å². The SMILES string of the molecule is CC(C)(NS(C)(=O)=O)C(=O)N1CCC2(CC1)CC2C(=O)O. The largest absolute Gasteiger partial charge is 0.481 e. The highest BCUT2D eigenvalue weighted by molar-refractivity contribution is 7.88. The molecular formula is C13H22N2O5S. The first-order valence-electron chi connectivity index (χ1n) is 6.98. The molecule has 1 aliphatic carbocycles. The first-order valence-corrected chi connectivity index (χ1v) is 8.87. The number of nitrogens with zero attached hydrogens (tertiary/aromatic N) is 1. The van der Waals surface area contributed by atoms with Crippen molar-refractivity contribution in [1.29, 1.82) is 0 Å². The lowest BCUT2D eigenvalue weighted by Crippen LogP contribution is -2.57. The molecule has 120 valence electrons. The summed E-state index contributed by atoms with van der Waals surface area (Å²) >= 11 is 0. The van der Waals surface area contributed by atoms with Crippen molar-refractivity contribution in [3.8, 4) is 0 Å². The second-order valence-corrected chi connectivity index (χ2v) is 8.50. The molecule has 1 amide bonds. The number of amides is 1. The minimum absolute atomic E-state index is 0.142. The molecule has 2 rings (SSSR count). The molecule has 1 aliphatic heterocycles. The summed E-state index contributed by atoms with van der Waals surface area (Å²) in [4.78, 5) is 25.1. The van der Waals surface area contributed by atoms with E-state index >= 15 is 0 Å². The van der Waals surface area contributed by atoms with E-state index in [0.717, 1.165) is 6.26 Å². The van der Waals surface area contributed by atoms with Gasteiger partial charge in [-0.05, 0) is 38.5 Å². The van der Waals surface area contributed by atoms with Crippen LogP contribution in [0, 0.1) is 11.3 Å². The third kappa shape index (κ3) is 3.37. The fraction of sp³-hybridized carbons (Fsp3) is 0.846. The van der Waals surface area contributed by atoms with Crippen molar-refractivity contribution in [2.75, 3.05) is 19.3 Å². The van der Waals surface area contributed by atoms with Gasteiger partial charge in [-0.25, -0.2) is 13.1 Å². The fourth-order valence-electron chi connectivity index (χ4n) is 3.31. The maximum absolute atomic E-state index is 12.4. The molecule has 0 aromatic heterocycles. The minimum Gasteiger partial charge on any atom is -0.481 e. The maximum Gasteiger partial charge on any atom is 0.307 e. The van der Waals surface area contributed by atoms with Crippen molar-refractivity contribution in [3.63, 3.8) is 0 Å². The van der Waals surface area contributed by atoms with Gasteiger partial charge in [0, 0.05) is 13.1 Å². The van der Waals surface area contributed by atoms with Crippen molar-refractivity contribution in [2.45, 2.75) is 38.6 Å². The number of carbonyl (C=O) groups excluding carboxylic acids is 1. The normalized spacial score (nSPS) is 24.9. The fourth-order valence-corrected chi connectivity index (χ4v) is 4.32. The van der Waals surface area contributed by atoms with Gasteiger partial charge in [0.2, 0.25) is 15.9 Å². The summed E-state index contributed by atoms with van der Waals surface area (Å²) in [7, 11) is -3.47. The molecule has 1 saturated heterocycles. The highest BCUT2D eigenvalue weighted by Crippen LogP contribution is 2.59. The molecule has 2 N–H and O–H groups in total. The Morgan fingerprint density at radius 1 is 1.29 bits per heavy atom. The average molecular weight is 318 g/mol. The van der Waals surface area contributed by atoms with E-state index < -0.39 is 21.5 Å². The standard InChI is InChI=1S/C13H22N2O5S/c1-12(2,14-21(3,19)20)11(18)15-6-4-13(5-7-15)8-9(13)10(16)17/h9,14H,4-8H2,1-3H3,(H,16,17). The van der Waals surface area contributed by atoms with Gasteiger partial charge in [0.05, 0.1) is 12.2 Å². The quantitative estimate of drug-likeness (QED) is 0.761. The van der Waals surface area contributed by atoms with E-state index in [1.807, 2.05) is 0 Å². The number of hydrogen-bond donors (Lipinski definition) is 2. The summed E-state index contributed by atoms with van der Waals surface area (Å²) in [5.41, 5.74) is -1.33. The monoisotopic (exact) mass is 318 g/mol. The van der Waals surface area contributed by atoms with Gasteiger partial charge in [0.15, 0.2) is 0 Å². The molecule has 0 aromatic carbocycles. The predicted molar refractivity (Wildman–Crippen MR) is 76.0 cm³/mol. The molecule has 2 fully saturated rings. The topological polar surface area (TPSA) is 104 Å². The van der Waals surface area contributed by atoms with Gasteiger partial charge in [-0.15, -0.1) is 0 Å². The number of carboxylic acid groups (broad SMARTS) is 1. The van der Waals surface area contributed by atoms with Crippen LogP contribution >= 0.6 is 0 Å². The Labute approximate surface area is 124 Å². The first-order chi connectivity index (χ1) is 9.47. The summed E-state index contributed by atoms with van der Waals surface area (Å²) in [6.45, 7) is 4.05. The van der Waals surface area contributed by atoms with Crippen LogP contribution in [0.2, 0.25) is 0 Å². The molecule has 1 saturated carbocycles. The second kappa shape index (κ2) is 4.95. The van der Waals surface area contributed by atoms with E-state index in [-0.39, 0.29) is 17.2 Å². The molecule has 1 heterocycles. The molecule has 7 nitrogen and oxygen atoms in total. The third-order valence-electron chi connectivity index (χ3n) is 4.51. The number of carbonyl (C=O) groups is 2. The van der Waals surface area contributed by atoms with Crippen molar-refractivity contribution in [3.05, 3.63) is 0 Å². The molecule has 8 heteroatoms. The number of sulfonamides is 1. The number of hydrogen-bond acceptors (Lipinski definition) is 4. The molecule has 0 radical (unpaired) electrons. The van der Waals surface area contributed by atoms with Gasteiger partial charge in [0.25, 0.3) is 0 Å². The van der Waals surface area contributed by atoms with Crippen LogP contribution in [0.4, 0.5) is 0 Å². The van der Waals surface area contributed by atoms with Gasteiger partial charge in [0.1, 0.15) is 5.54 Å². The van der Waals surface area contributed by atoms with Gasteiger partial charge >= 0.3 is 5.97 Å². The highest BCUT2D eigenvalue weighted by atomic mass is 32.2. The van der Waals surface area contributed by atoms with Crippen LogP contribution in [0.3, 0.4) is 0 Å². The van der Waals surface area contributed by atoms with Crippen LogP contribution in [-0.4, -0.2) is 55.2 Å². The number of rotatable bonds is 4. The van der Waals surface area contributed by atoms with Gasteiger partial charge in [-0.3, -0.25) is 9.59 Å². The lowest BCUT2D eigenvalue weighted by atomic mass is 9.90. The van der Waals surface area contributed by atoms with Crippen molar-refractivity contribution in [1.82, 2.24) is 9.62 Å². The van der Waals surface area contributed by atoms with Gasteiger partial charge in [-0.2, -0.15) is 0 Å².